The van der Waals surface area contributed by atoms with Crippen LogP contribution in [-0.2, 0) is 15.9 Å². The molecule has 1 aliphatic rings. The maximum Gasteiger partial charge on any atom is 0.525 e. The van der Waals surface area contributed by atoms with Crippen LogP contribution in [0.2, 0.25) is 0 Å². The standard InChI is InChI=1S/C19H26BFN4O2/c1-13(2)12-25-14(9-15(24-25)16-11-22-7-8-23-16)10-17(21)20-26-18(3,4)19(5,6)27-20/h7-11,13H,12H2,1-6H3. The summed E-state index contributed by atoms with van der Waals surface area (Å²) in [6.45, 7) is 12.4. The van der Waals surface area contributed by atoms with Crippen molar-refractivity contribution in [3.05, 3.63) is 36.1 Å². The molecule has 3 heterocycles. The minimum atomic E-state index is -1.03. The molecule has 1 aliphatic heterocycles. The van der Waals surface area contributed by atoms with Crippen molar-refractivity contribution in [3.8, 4) is 11.4 Å². The summed E-state index contributed by atoms with van der Waals surface area (Å²) in [5.41, 5.74) is 0.265. The van der Waals surface area contributed by atoms with E-state index in [4.69, 9.17) is 9.31 Å². The summed E-state index contributed by atoms with van der Waals surface area (Å²) in [5, 5.41) is 4.58. The lowest BCUT2D eigenvalue weighted by Gasteiger charge is -2.32. The number of nitrogens with zero attached hydrogens (tertiary/aromatic N) is 4. The van der Waals surface area contributed by atoms with Crippen LogP contribution in [0.1, 0.15) is 47.2 Å². The third-order valence-electron chi connectivity index (χ3n) is 4.94. The molecule has 0 amide bonds. The first-order valence-electron chi connectivity index (χ1n) is 9.16. The van der Waals surface area contributed by atoms with Gasteiger partial charge in [0.2, 0.25) is 0 Å². The highest BCUT2D eigenvalue weighted by Gasteiger charge is 2.53. The average molecular weight is 372 g/mol. The molecule has 0 saturated carbocycles. The smallest absolute Gasteiger partial charge is 0.398 e. The highest BCUT2D eigenvalue weighted by Crippen LogP contribution is 2.39. The van der Waals surface area contributed by atoms with Crippen LogP contribution >= 0.6 is 0 Å². The molecule has 0 radical (unpaired) electrons. The molecule has 1 fully saturated rings. The van der Waals surface area contributed by atoms with E-state index in [0.29, 0.717) is 29.5 Å². The van der Waals surface area contributed by atoms with Crippen molar-refractivity contribution in [1.29, 1.82) is 0 Å². The summed E-state index contributed by atoms with van der Waals surface area (Å²) in [6, 6.07) is 1.80. The van der Waals surface area contributed by atoms with E-state index in [-0.39, 0.29) is 0 Å². The average Bonchev–Trinajstić information content (AvgIpc) is 3.05. The zero-order valence-electron chi connectivity index (χ0n) is 16.7. The molecule has 1 saturated heterocycles. The van der Waals surface area contributed by atoms with Gasteiger partial charge in [-0.2, -0.15) is 5.10 Å². The van der Waals surface area contributed by atoms with Crippen molar-refractivity contribution in [2.75, 3.05) is 0 Å². The highest BCUT2D eigenvalue weighted by molar-refractivity contribution is 6.54. The van der Waals surface area contributed by atoms with E-state index >= 15 is 0 Å². The van der Waals surface area contributed by atoms with Gasteiger partial charge in [-0.1, -0.05) is 13.8 Å². The molecule has 8 heteroatoms. The first-order valence-corrected chi connectivity index (χ1v) is 9.16. The van der Waals surface area contributed by atoms with Gasteiger partial charge in [-0.05, 0) is 45.8 Å². The monoisotopic (exact) mass is 372 g/mol. The summed E-state index contributed by atoms with van der Waals surface area (Å²) in [7, 11) is -1.03. The summed E-state index contributed by atoms with van der Waals surface area (Å²) in [6.07, 6.45) is 6.28. The van der Waals surface area contributed by atoms with Crippen LogP contribution in [0.4, 0.5) is 4.39 Å². The maximum absolute atomic E-state index is 15.0. The van der Waals surface area contributed by atoms with Crippen molar-refractivity contribution >= 4 is 13.2 Å². The van der Waals surface area contributed by atoms with Gasteiger partial charge in [-0.3, -0.25) is 14.6 Å². The quantitative estimate of drug-likeness (QED) is 0.744. The molecule has 0 aliphatic carbocycles. The minimum absolute atomic E-state index is 0.353. The number of rotatable bonds is 5. The second-order valence-electron chi connectivity index (χ2n) is 8.24. The lowest BCUT2D eigenvalue weighted by molar-refractivity contribution is 0.00578. The Hall–Kier alpha value is -2.06. The van der Waals surface area contributed by atoms with Crippen LogP contribution in [0.15, 0.2) is 30.4 Å². The second-order valence-corrected chi connectivity index (χ2v) is 8.24. The summed E-state index contributed by atoms with van der Waals surface area (Å²) < 4.78 is 28.3. The minimum Gasteiger partial charge on any atom is -0.398 e. The van der Waals surface area contributed by atoms with Crippen molar-refractivity contribution < 1.29 is 13.7 Å². The third-order valence-corrected chi connectivity index (χ3v) is 4.94. The third kappa shape index (κ3) is 4.11. The van der Waals surface area contributed by atoms with Crippen LogP contribution in [0.5, 0.6) is 0 Å². The van der Waals surface area contributed by atoms with E-state index < -0.39 is 24.0 Å². The fourth-order valence-electron chi connectivity index (χ4n) is 2.76. The van der Waals surface area contributed by atoms with Crippen LogP contribution in [0.25, 0.3) is 17.5 Å². The second kappa shape index (κ2) is 7.17. The molecule has 0 atom stereocenters. The predicted octanol–water partition coefficient (Wildman–Crippen LogP) is 3.94. The molecule has 0 aromatic carbocycles. The summed E-state index contributed by atoms with van der Waals surface area (Å²) in [4.78, 5) is 8.35. The Morgan fingerprint density at radius 1 is 1.19 bits per heavy atom. The Balaban J connectivity index is 1.93. The topological polar surface area (TPSA) is 62.1 Å². The van der Waals surface area contributed by atoms with Gasteiger partial charge in [-0.25, -0.2) is 4.39 Å². The lowest BCUT2D eigenvalue weighted by atomic mass is 9.87. The van der Waals surface area contributed by atoms with E-state index in [1.54, 1.807) is 29.3 Å². The van der Waals surface area contributed by atoms with E-state index in [2.05, 4.69) is 28.9 Å². The predicted molar refractivity (Wildman–Crippen MR) is 103 cm³/mol. The van der Waals surface area contributed by atoms with Crippen molar-refractivity contribution in [1.82, 2.24) is 19.7 Å². The van der Waals surface area contributed by atoms with Gasteiger partial charge in [0.05, 0.1) is 23.1 Å². The molecule has 3 rings (SSSR count). The fraction of sp³-hybridized carbons (Fsp3) is 0.526. The molecular weight excluding hydrogens is 346 g/mol. The number of hydrogen-bond acceptors (Lipinski definition) is 5. The van der Waals surface area contributed by atoms with Crippen molar-refractivity contribution in [2.45, 2.75) is 59.3 Å². The molecule has 6 nitrogen and oxygen atoms in total. The van der Waals surface area contributed by atoms with E-state index in [1.807, 2.05) is 27.7 Å². The van der Waals surface area contributed by atoms with Crippen LogP contribution < -0.4 is 0 Å². The Morgan fingerprint density at radius 3 is 2.41 bits per heavy atom. The molecule has 27 heavy (non-hydrogen) atoms. The van der Waals surface area contributed by atoms with Gasteiger partial charge >= 0.3 is 7.12 Å². The molecular formula is C19H26BFN4O2. The number of hydrogen-bond donors (Lipinski definition) is 0. The Kier molecular flexibility index (Phi) is 5.23. The van der Waals surface area contributed by atoms with Crippen LogP contribution in [-0.4, -0.2) is 38.1 Å². The summed E-state index contributed by atoms with van der Waals surface area (Å²) >= 11 is 0. The largest absolute Gasteiger partial charge is 0.525 e. The van der Waals surface area contributed by atoms with E-state index in [0.717, 1.165) is 0 Å². The Bertz CT molecular complexity index is 817. The molecule has 2 aromatic rings. The SMILES string of the molecule is CC(C)Cn1nc(-c2cnccn2)cc1C=C(F)B1OC(C)(C)C(C)(C)O1. The van der Waals surface area contributed by atoms with Gasteiger partial charge in [-0.15, -0.1) is 0 Å². The Morgan fingerprint density at radius 2 is 1.85 bits per heavy atom. The zero-order valence-corrected chi connectivity index (χ0v) is 16.7. The van der Waals surface area contributed by atoms with Crippen LogP contribution in [0.3, 0.4) is 0 Å². The molecule has 144 valence electrons. The normalized spacial score (nSPS) is 19.1. The van der Waals surface area contributed by atoms with E-state index in [9.17, 15) is 4.39 Å². The molecule has 0 spiro atoms. The van der Waals surface area contributed by atoms with Gasteiger partial charge < -0.3 is 9.31 Å². The molecule has 0 bridgehead atoms. The molecule has 0 unspecified atom stereocenters. The van der Waals surface area contributed by atoms with E-state index in [1.165, 1.54) is 6.08 Å². The number of aromatic nitrogens is 4. The Labute approximate surface area is 160 Å². The van der Waals surface area contributed by atoms with Gasteiger partial charge in [0.1, 0.15) is 17.1 Å². The first kappa shape index (κ1) is 19.7. The highest BCUT2D eigenvalue weighted by atomic mass is 19.1. The molecule has 0 N–H and O–H groups in total. The zero-order chi connectivity index (χ0) is 19.8. The fourth-order valence-corrected chi connectivity index (χ4v) is 2.76. The first-order chi connectivity index (χ1) is 12.6. The van der Waals surface area contributed by atoms with Gasteiger partial charge in [0.15, 0.2) is 0 Å². The van der Waals surface area contributed by atoms with Crippen molar-refractivity contribution in [2.24, 2.45) is 5.92 Å². The maximum atomic E-state index is 15.0. The van der Waals surface area contributed by atoms with Gasteiger partial charge in [0, 0.05) is 18.9 Å². The molecule has 2 aromatic heterocycles. The summed E-state index contributed by atoms with van der Waals surface area (Å²) in [5.74, 6) is 0.353. The van der Waals surface area contributed by atoms with Crippen molar-refractivity contribution in [3.63, 3.8) is 0 Å². The lowest BCUT2D eigenvalue weighted by Crippen LogP contribution is -2.41. The number of halogens is 1. The van der Waals surface area contributed by atoms with Crippen LogP contribution in [0, 0.1) is 5.92 Å². The van der Waals surface area contributed by atoms with Gasteiger partial charge in [0.25, 0.3) is 0 Å².